The molecule has 5 heterocycles. The number of fused-ring (bicyclic) bond motifs is 1. The van der Waals surface area contributed by atoms with Crippen molar-refractivity contribution >= 4 is 11.5 Å². The Morgan fingerprint density at radius 2 is 2.06 bits per heavy atom. The normalized spacial score (nSPS) is 18.4. The predicted molar refractivity (Wildman–Crippen MR) is 118 cm³/mol. The van der Waals surface area contributed by atoms with E-state index in [0.29, 0.717) is 12.2 Å². The van der Waals surface area contributed by atoms with E-state index in [1.165, 1.54) is 5.56 Å². The molecule has 1 fully saturated rings. The number of hydrogen-bond donors (Lipinski definition) is 0. The van der Waals surface area contributed by atoms with E-state index < -0.39 is 0 Å². The second-order valence-electron chi connectivity index (χ2n) is 8.04. The van der Waals surface area contributed by atoms with Crippen molar-refractivity contribution in [3.8, 4) is 6.07 Å². The summed E-state index contributed by atoms with van der Waals surface area (Å²) in [7, 11) is 0. The van der Waals surface area contributed by atoms with Gasteiger partial charge >= 0.3 is 0 Å². The fourth-order valence-corrected chi connectivity index (χ4v) is 4.38. The van der Waals surface area contributed by atoms with E-state index in [1.54, 1.807) is 12.4 Å². The van der Waals surface area contributed by atoms with Crippen LogP contribution in [0.5, 0.6) is 0 Å². The molecule has 0 bridgehead atoms. The summed E-state index contributed by atoms with van der Waals surface area (Å²) in [5.41, 5.74) is 6.24. The Bertz CT molecular complexity index is 1130. The van der Waals surface area contributed by atoms with Crippen molar-refractivity contribution in [1.29, 1.82) is 5.26 Å². The summed E-state index contributed by atoms with van der Waals surface area (Å²) < 4.78 is 5.99. The van der Waals surface area contributed by atoms with E-state index in [9.17, 15) is 0 Å². The highest BCUT2D eigenvalue weighted by atomic mass is 16.5. The highest BCUT2D eigenvalue weighted by Crippen LogP contribution is 2.30. The van der Waals surface area contributed by atoms with Crippen LogP contribution in [0.25, 0.3) is 0 Å². The minimum atomic E-state index is 0.0143. The summed E-state index contributed by atoms with van der Waals surface area (Å²) in [5.74, 6) is 0.943. The van der Waals surface area contributed by atoms with Crippen LogP contribution in [-0.2, 0) is 17.7 Å². The molecular weight excluding hydrogens is 388 g/mol. The molecule has 0 saturated carbocycles. The van der Waals surface area contributed by atoms with Crippen LogP contribution in [0.3, 0.4) is 0 Å². The van der Waals surface area contributed by atoms with Gasteiger partial charge in [0, 0.05) is 62.4 Å². The SMILES string of the molecule is Cc1cc(C#N)cnc1N1CCc2ncc(N3CCOC(c4cccnc4)C3)cc2C1. The maximum Gasteiger partial charge on any atom is 0.131 e. The van der Waals surface area contributed by atoms with Gasteiger partial charge < -0.3 is 14.5 Å². The highest BCUT2D eigenvalue weighted by molar-refractivity contribution is 5.54. The number of hydrogen-bond acceptors (Lipinski definition) is 7. The third-order valence-electron chi connectivity index (χ3n) is 5.99. The van der Waals surface area contributed by atoms with E-state index >= 15 is 0 Å². The third-order valence-corrected chi connectivity index (χ3v) is 5.99. The van der Waals surface area contributed by atoms with E-state index in [2.05, 4.69) is 38.0 Å². The Morgan fingerprint density at radius 1 is 1.13 bits per heavy atom. The third kappa shape index (κ3) is 3.94. The average molecular weight is 412 g/mol. The van der Waals surface area contributed by atoms with Crippen molar-refractivity contribution in [2.45, 2.75) is 26.0 Å². The molecule has 5 rings (SSSR count). The van der Waals surface area contributed by atoms with E-state index in [0.717, 1.165) is 60.9 Å². The molecule has 0 amide bonds. The van der Waals surface area contributed by atoms with Crippen LogP contribution < -0.4 is 9.80 Å². The quantitative estimate of drug-likeness (QED) is 0.654. The largest absolute Gasteiger partial charge is 0.370 e. The van der Waals surface area contributed by atoms with Gasteiger partial charge in [-0.3, -0.25) is 9.97 Å². The summed E-state index contributed by atoms with van der Waals surface area (Å²) in [6.45, 7) is 5.96. The summed E-state index contributed by atoms with van der Waals surface area (Å²) in [5, 5.41) is 9.11. The van der Waals surface area contributed by atoms with Gasteiger partial charge in [-0.15, -0.1) is 0 Å². The summed E-state index contributed by atoms with van der Waals surface area (Å²) in [6.07, 6.45) is 8.21. The molecule has 0 N–H and O–H groups in total. The van der Waals surface area contributed by atoms with Gasteiger partial charge in [0.2, 0.25) is 0 Å². The molecule has 31 heavy (non-hydrogen) atoms. The van der Waals surface area contributed by atoms with Crippen LogP contribution in [0, 0.1) is 18.3 Å². The molecule has 1 unspecified atom stereocenters. The molecule has 7 nitrogen and oxygen atoms in total. The maximum absolute atomic E-state index is 9.11. The molecule has 3 aromatic rings. The molecule has 3 aromatic heterocycles. The molecule has 7 heteroatoms. The number of anilines is 2. The number of pyridine rings is 3. The molecule has 0 radical (unpaired) electrons. The minimum absolute atomic E-state index is 0.0143. The number of nitriles is 1. The minimum Gasteiger partial charge on any atom is -0.370 e. The van der Waals surface area contributed by atoms with Crippen LogP contribution in [0.1, 0.15) is 34.1 Å². The van der Waals surface area contributed by atoms with Crippen LogP contribution in [0.4, 0.5) is 11.5 Å². The van der Waals surface area contributed by atoms with Gasteiger partial charge in [0.1, 0.15) is 18.0 Å². The van der Waals surface area contributed by atoms with E-state index in [1.807, 2.05) is 31.5 Å². The van der Waals surface area contributed by atoms with Gasteiger partial charge in [0.05, 0.1) is 24.1 Å². The maximum atomic E-state index is 9.11. The van der Waals surface area contributed by atoms with Crippen molar-refractivity contribution < 1.29 is 4.74 Å². The number of rotatable bonds is 3. The molecular formula is C24H24N6O. The first-order valence-electron chi connectivity index (χ1n) is 10.6. The van der Waals surface area contributed by atoms with Crippen molar-refractivity contribution in [2.75, 3.05) is 36.0 Å². The molecule has 2 aliphatic rings. The Hall–Kier alpha value is -3.50. The molecule has 0 spiro atoms. The topological polar surface area (TPSA) is 78.2 Å². The summed E-state index contributed by atoms with van der Waals surface area (Å²) in [6, 6.07) is 10.3. The number of aryl methyl sites for hydroxylation is 1. The second-order valence-corrected chi connectivity index (χ2v) is 8.04. The van der Waals surface area contributed by atoms with Crippen molar-refractivity contribution in [3.63, 3.8) is 0 Å². The number of ether oxygens (including phenoxy) is 1. The van der Waals surface area contributed by atoms with Gasteiger partial charge in [0.15, 0.2) is 0 Å². The summed E-state index contributed by atoms with van der Waals surface area (Å²) >= 11 is 0. The van der Waals surface area contributed by atoms with Gasteiger partial charge in [-0.05, 0) is 36.2 Å². The van der Waals surface area contributed by atoms with Gasteiger partial charge in [-0.2, -0.15) is 5.26 Å². The summed E-state index contributed by atoms with van der Waals surface area (Å²) in [4.78, 5) is 18.2. The zero-order valence-electron chi connectivity index (χ0n) is 17.5. The monoisotopic (exact) mass is 412 g/mol. The standard InChI is InChI=1S/C24H24N6O/c1-17-9-18(11-25)12-28-24(17)30-6-4-22-20(15-30)10-21(14-27-22)29-7-8-31-23(16-29)19-3-2-5-26-13-19/h2-3,5,9-10,12-14,23H,4,6-8,15-16H2,1H3. The Balaban J connectivity index is 1.36. The van der Waals surface area contributed by atoms with Crippen molar-refractivity contribution in [1.82, 2.24) is 15.0 Å². The molecule has 1 saturated heterocycles. The highest BCUT2D eigenvalue weighted by Gasteiger charge is 2.25. The van der Waals surface area contributed by atoms with Crippen LogP contribution in [-0.4, -0.2) is 41.2 Å². The lowest BCUT2D eigenvalue weighted by Gasteiger charge is -2.36. The molecule has 2 aliphatic heterocycles. The lowest BCUT2D eigenvalue weighted by atomic mass is 10.0. The smallest absolute Gasteiger partial charge is 0.131 e. The van der Waals surface area contributed by atoms with Crippen LogP contribution >= 0.6 is 0 Å². The first-order valence-corrected chi connectivity index (χ1v) is 10.6. The Kier molecular flexibility index (Phi) is 5.23. The first-order chi connectivity index (χ1) is 15.2. The fourth-order valence-electron chi connectivity index (χ4n) is 4.38. The average Bonchev–Trinajstić information content (AvgIpc) is 2.84. The molecule has 1 atom stereocenters. The Morgan fingerprint density at radius 3 is 2.87 bits per heavy atom. The number of aromatic nitrogens is 3. The predicted octanol–water partition coefficient (Wildman–Crippen LogP) is 3.19. The van der Waals surface area contributed by atoms with Gasteiger partial charge in [-0.1, -0.05) is 6.07 Å². The number of nitrogens with zero attached hydrogens (tertiary/aromatic N) is 6. The van der Waals surface area contributed by atoms with Gasteiger partial charge in [0.25, 0.3) is 0 Å². The van der Waals surface area contributed by atoms with E-state index in [4.69, 9.17) is 15.0 Å². The zero-order valence-corrected chi connectivity index (χ0v) is 17.5. The van der Waals surface area contributed by atoms with Gasteiger partial charge in [-0.25, -0.2) is 4.98 Å². The van der Waals surface area contributed by atoms with Crippen molar-refractivity contribution in [3.05, 3.63) is 77.0 Å². The molecule has 156 valence electrons. The second kappa shape index (κ2) is 8.32. The van der Waals surface area contributed by atoms with E-state index in [-0.39, 0.29) is 6.10 Å². The van der Waals surface area contributed by atoms with Crippen LogP contribution in [0.2, 0.25) is 0 Å². The Labute approximate surface area is 182 Å². The van der Waals surface area contributed by atoms with Crippen molar-refractivity contribution in [2.24, 2.45) is 0 Å². The lowest BCUT2D eigenvalue weighted by molar-refractivity contribution is 0.0395. The first kappa shape index (κ1) is 19.5. The van der Waals surface area contributed by atoms with Crippen LogP contribution in [0.15, 0.2) is 49.1 Å². The molecule has 0 aromatic carbocycles. The number of morpholine rings is 1. The zero-order chi connectivity index (χ0) is 21.2. The molecule has 0 aliphatic carbocycles. The fraction of sp³-hybridized carbons (Fsp3) is 0.333. The lowest BCUT2D eigenvalue weighted by Crippen LogP contribution is -2.39.